The molecule has 0 aromatic heterocycles. The number of aliphatic carboxylic acids is 1. The van der Waals surface area contributed by atoms with Crippen molar-refractivity contribution in [1.29, 1.82) is 0 Å². The zero-order chi connectivity index (χ0) is 7.72. The topological polar surface area (TPSA) is 80.4 Å². The maximum atomic E-state index is 10.9. The van der Waals surface area contributed by atoms with Crippen LogP contribution < -0.4 is 5.73 Å². The Morgan fingerprint density at radius 1 is 1.70 bits per heavy atom. The van der Waals surface area contributed by atoms with E-state index in [2.05, 4.69) is 0 Å². The van der Waals surface area contributed by atoms with Crippen molar-refractivity contribution in [3.05, 3.63) is 0 Å². The molecule has 1 aliphatic rings. The first kappa shape index (κ1) is 7.68. The van der Waals surface area contributed by atoms with Gasteiger partial charge in [-0.15, -0.1) is 0 Å². The van der Waals surface area contributed by atoms with E-state index < -0.39 is 28.1 Å². The number of carboxylic acid groups (broad SMARTS) is 1. The minimum atomic E-state index is -1.25. The molecule has 0 saturated carbocycles. The lowest BCUT2D eigenvalue weighted by Gasteiger charge is -2.06. The summed E-state index contributed by atoms with van der Waals surface area (Å²) in [4.78, 5) is 10.3. The molecule has 1 fully saturated rings. The summed E-state index contributed by atoms with van der Waals surface area (Å²) in [5, 5.41) is 7.65. The van der Waals surface area contributed by atoms with Gasteiger partial charge in [-0.05, 0) is 6.42 Å². The van der Waals surface area contributed by atoms with E-state index in [4.69, 9.17) is 10.8 Å². The average molecular weight is 163 g/mol. The van der Waals surface area contributed by atoms with E-state index in [0.29, 0.717) is 12.2 Å². The van der Waals surface area contributed by atoms with Crippen LogP contribution in [0.2, 0.25) is 0 Å². The third-order valence-corrected chi connectivity index (χ3v) is 3.32. The molecule has 0 aromatic rings. The minimum absolute atomic E-state index is 0.418. The minimum Gasteiger partial charge on any atom is -0.480 e. The number of hydrogen-bond acceptors (Lipinski definition) is 3. The molecule has 0 amide bonds. The van der Waals surface area contributed by atoms with Gasteiger partial charge >= 0.3 is 5.97 Å². The maximum Gasteiger partial charge on any atom is 0.320 e. The van der Waals surface area contributed by atoms with Gasteiger partial charge in [-0.2, -0.15) is 0 Å². The highest BCUT2D eigenvalue weighted by Gasteiger charge is 2.36. The largest absolute Gasteiger partial charge is 0.480 e. The Bertz CT molecular complexity index is 182. The molecule has 0 spiro atoms. The summed E-state index contributed by atoms with van der Waals surface area (Å²) in [6, 6.07) is -0.418. The summed E-state index contributed by atoms with van der Waals surface area (Å²) in [7, 11) is -1.25. The Labute approximate surface area is 60.9 Å². The van der Waals surface area contributed by atoms with Crippen LogP contribution in [-0.4, -0.2) is 32.3 Å². The third kappa shape index (κ3) is 1.19. The molecule has 58 valence electrons. The van der Waals surface area contributed by atoms with E-state index in [-0.39, 0.29) is 0 Å². The number of rotatable bonds is 1. The van der Waals surface area contributed by atoms with Gasteiger partial charge in [0.1, 0.15) is 5.25 Å². The van der Waals surface area contributed by atoms with Gasteiger partial charge in [0, 0.05) is 22.6 Å². The number of nitrogens with two attached hydrogens (primary N) is 1. The lowest BCUT2D eigenvalue weighted by molar-refractivity contribution is -0.136. The van der Waals surface area contributed by atoms with Gasteiger partial charge in [-0.25, -0.2) is 0 Å². The first-order valence-corrected chi connectivity index (χ1v) is 4.36. The lowest BCUT2D eigenvalue weighted by atomic mass is 10.2. The smallest absolute Gasteiger partial charge is 0.320 e. The van der Waals surface area contributed by atoms with Crippen LogP contribution >= 0.6 is 0 Å². The van der Waals surface area contributed by atoms with Crippen LogP contribution in [0.25, 0.3) is 0 Å². The molecular weight excluding hydrogens is 154 g/mol. The lowest BCUT2D eigenvalue weighted by Crippen LogP contribution is -2.37. The first-order chi connectivity index (χ1) is 4.63. The molecule has 5 heteroatoms. The monoisotopic (exact) mass is 163 g/mol. The second-order valence-electron chi connectivity index (χ2n) is 2.30. The fraction of sp³-hybridized carbons (Fsp3) is 0.800. The van der Waals surface area contributed by atoms with Gasteiger partial charge in [0.25, 0.3) is 0 Å². The second kappa shape index (κ2) is 2.67. The van der Waals surface area contributed by atoms with E-state index >= 15 is 0 Å². The highest BCUT2D eigenvalue weighted by molar-refractivity contribution is 7.86. The molecule has 4 nitrogen and oxygen atoms in total. The van der Waals surface area contributed by atoms with Crippen molar-refractivity contribution >= 4 is 16.8 Å². The summed E-state index contributed by atoms with van der Waals surface area (Å²) in [6.07, 6.45) is 0.559. The molecule has 10 heavy (non-hydrogen) atoms. The van der Waals surface area contributed by atoms with Gasteiger partial charge in [0.2, 0.25) is 0 Å². The highest BCUT2D eigenvalue weighted by atomic mass is 32.2. The van der Waals surface area contributed by atoms with Crippen LogP contribution in [0, 0.1) is 0 Å². The summed E-state index contributed by atoms with van der Waals surface area (Å²) in [6.45, 7) is 0. The second-order valence-corrected chi connectivity index (χ2v) is 3.97. The van der Waals surface area contributed by atoms with Gasteiger partial charge < -0.3 is 10.8 Å². The van der Waals surface area contributed by atoms with Crippen LogP contribution in [0.1, 0.15) is 6.42 Å². The quantitative estimate of drug-likeness (QED) is 0.515. The normalized spacial score (nSPS) is 39.9. The van der Waals surface area contributed by atoms with E-state index in [1.165, 1.54) is 0 Å². The molecular formula is C5H9NO3S. The van der Waals surface area contributed by atoms with Gasteiger partial charge in [-0.3, -0.25) is 9.00 Å². The van der Waals surface area contributed by atoms with Crippen LogP contribution in [0.4, 0.5) is 0 Å². The Kier molecular flexibility index (Phi) is 2.05. The SMILES string of the molecule is N[C@@H]1CC[S@](=O)[C@H]1C(=O)O. The van der Waals surface area contributed by atoms with E-state index in [0.717, 1.165) is 0 Å². The molecule has 1 heterocycles. The molecule has 3 atom stereocenters. The Hall–Kier alpha value is -0.420. The van der Waals surface area contributed by atoms with Crippen molar-refractivity contribution in [2.24, 2.45) is 5.73 Å². The number of carbonyl (C=O) groups is 1. The van der Waals surface area contributed by atoms with E-state index in [1.807, 2.05) is 0 Å². The molecule has 0 bridgehead atoms. The first-order valence-electron chi connectivity index (χ1n) is 2.98. The molecule has 0 aromatic carbocycles. The van der Waals surface area contributed by atoms with Gasteiger partial charge in [-0.1, -0.05) is 0 Å². The van der Waals surface area contributed by atoms with Crippen LogP contribution in [-0.2, 0) is 15.6 Å². The fourth-order valence-electron chi connectivity index (χ4n) is 1.02. The van der Waals surface area contributed by atoms with Crippen LogP contribution in [0.15, 0.2) is 0 Å². The summed E-state index contributed by atoms with van der Waals surface area (Å²) >= 11 is 0. The standard InChI is InChI=1S/C5H9NO3S/c6-3-1-2-10(9)4(3)5(7)8/h3-4H,1-2,6H2,(H,7,8)/t3-,4-,10+/m1/s1. The number of carboxylic acids is 1. The zero-order valence-electron chi connectivity index (χ0n) is 5.32. The molecule has 1 aliphatic heterocycles. The summed E-state index contributed by atoms with van der Waals surface area (Å²) in [5.74, 6) is -0.610. The van der Waals surface area contributed by atoms with Crippen molar-refractivity contribution in [3.63, 3.8) is 0 Å². The Balaban J connectivity index is 2.72. The average Bonchev–Trinajstić information content (AvgIpc) is 2.11. The van der Waals surface area contributed by atoms with Crippen LogP contribution in [0.3, 0.4) is 0 Å². The number of hydrogen-bond donors (Lipinski definition) is 2. The molecule has 1 rings (SSSR count). The van der Waals surface area contributed by atoms with Crippen molar-refractivity contribution in [2.75, 3.05) is 5.75 Å². The van der Waals surface area contributed by atoms with Crippen molar-refractivity contribution in [1.82, 2.24) is 0 Å². The third-order valence-electron chi connectivity index (χ3n) is 1.57. The fourth-order valence-corrected chi connectivity index (χ4v) is 2.53. The summed E-state index contributed by atoms with van der Waals surface area (Å²) < 4.78 is 10.9. The van der Waals surface area contributed by atoms with Crippen LogP contribution in [0.5, 0.6) is 0 Å². The predicted molar refractivity (Wildman–Crippen MR) is 37.0 cm³/mol. The molecule has 0 unspecified atom stereocenters. The van der Waals surface area contributed by atoms with Crippen molar-refractivity contribution in [2.45, 2.75) is 17.7 Å². The molecule has 1 saturated heterocycles. The van der Waals surface area contributed by atoms with Gasteiger partial charge in [0.05, 0.1) is 0 Å². The molecule has 0 radical (unpaired) electrons. The van der Waals surface area contributed by atoms with Crippen molar-refractivity contribution < 1.29 is 14.1 Å². The van der Waals surface area contributed by atoms with E-state index in [9.17, 15) is 9.00 Å². The maximum absolute atomic E-state index is 10.9. The Morgan fingerprint density at radius 2 is 2.30 bits per heavy atom. The molecule has 0 aliphatic carbocycles. The van der Waals surface area contributed by atoms with E-state index in [1.54, 1.807) is 0 Å². The van der Waals surface area contributed by atoms with Gasteiger partial charge in [0.15, 0.2) is 0 Å². The summed E-state index contributed by atoms with van der Waals surface area (Å²) in [5.41, 5.74) is 5.40. The predicted octanol–water partition coefficient (Wildman–Crippen LogP) is -1.08. The molecule has 3 N–H and O–H groups in total. The Morgan fingerprint density at radius 3 is 2.50 bits per heavy atom. The zero-order valence-corrected chi connectivity index (χ0v) is 6.13. The van der Waals surface area contributed by atoms with Crippen molar-refractivity contribution in [3.8, 4) is 0 Å². The highest BCUT2D eigenvalue weighted by Crippen LogP contribution is 2.14.